The lowest BCUT2D eigenvalue weighted by molar-refractivity contribution is -0.123. The number of benzene rings is 2. The van der Waals surface area contributed by atoms with Crippen LogP contribution in [0.1, 0.15) is 11.1 Å². The largest absolute Gasteiger partial charge is 0.358 e. The molecule has 0 saturated carbocycles. The number of hydrogen-bond acceptors (Lipinski definition) is 2. The Morgan fingerprint density at radius 2 is 1.79 bits per heavy atom. The maximum absolute atomic E-state index is 13.0. The van der Waals surface area contributed by atoms with Crippen molar-refractivity contribution < 1.29 is 9.59 Å². The molecule has 0 aliphatic rings. The predicted octanol–water partition coefficient (Wildman–Crippen LogP) is 2.78. The standard InChI is InChI=1S/C23H21N3O2/c1-3-18-7-6-8-21(15-18)26(17-22(27)24-2)23(28)16-19-9-11-20(12-10-19)25-13-4-5-14-25/h1,4-15H,16-17H2,2H3,(H,24,27). The SMILES string of the molecule is C#Cc1cccc(N(CC(=O)NC)C(=O)Cc2ccc(-n3cccc3)cc2)c1. The zero-order chi connectivity index (χ0) is 19.9. The van der Waals surface area contributed by atoms with Crippen LogP contribution >= 0.6 is 0 Å². The maximum Gasteiger partial charge on any atom is 0.239 e. The second-order valence-corrected chi connectivity index (χ2v) is 6.28. The summed E-state index contributed by atoms with van der Waals surface area (Å²) in [6.45, 7) is -0.0647. The van der Waals surface area contributed by atoms with Gasteiger partial charge in [-0.25, -0.2) is 0 Å². The van der Waals surface area contributed by atoms with E-state index in [2.05, 4.69) is 11.2 Å². The summed E-state index contributed by atoms with van der Waals surface area (Å²) in [5.74, 6) is 2.13. The number of anilines is 1. The Labute approximate surface area is 164 Å². The third kappa shape index (κ3) is 4.49. The fourth-order valence-electron chi connectivity index (χ4n) is 2.87. The van der Waals surface area contributed by atoms with Crippen LogP contribution in [-0.2, 0) is 16.0 Å². The molecule has 5 nitrogen and oxygen atoms in total. The Balaban J connectivity index is 1.80. The van der Waals surface area contributed by atoms with Crippen LogP contribution in [0.2, 0.25) is 0 Å². The quantitative estimate of drug-likeness (QED) is 0.678. The van der Waals surface area contributed by atoms with E-state index in [1.165, 1.54) is 4.90 Å². The van der Waals surface area contributed by atoms with E-state index < -0.39 is 0 Å². The highest BCUT2D eigenvalue weighted by Crippen LogP contribution is 2.18. The molecule has 2 amide bonds. The predicted molar refractivity (Wildman–Crippen MR) is 110 cm³/mol. The van der Waals surface area contributed by atoms with Crippen LogP contribution in [0.5, 0.6) is 0 Å². The number of carbonyl (C=O) groups is 2. The molecule has 0 unspecified atom stereocenters. The molecule has 3 aromatic rings. The molecule has 1 heterocycles. The second kappa shape index (κ2) is 8.74. The van der Waals surface area contributed by atoms with E-state index in [0.29, 0.717) is 11.3 Å². The van der Waals surface area contributed by atoms with Crippen LogP contribution in [-0.4, -0.2) is 30.0 Å². The summed E-state index contributed by atoms with van der Waals surface area (Å²) in [7, 11) is 1.54. The fraction of sp³-hybridized carbons (Fsp3) is 0.130. The molecule has 0 fully saturated rings. The van der Waals surface area contributed by atoms with Crippen molar-refractivity contribution in [2.45, 2.75) is 6.42 Å². The maximum atomic E-state index is 13.0. The zero-order valence-corrected chi connectivity index (χ0v) is 15.6. The zero-order valence-electron chi connectivity index (χ0n) is 15.6. The molecule has 0 aliphatic heterocycles. The molecule has 2 aromatic carbocycles. The molecule has 1 aromatic heterocycles. The number of likely N-dealkylation sites (N-methyl/N-ethyl adjacent to an activating group) is 1. The number of amides is 2. The van der Waals surface area contributed by atoms with Gasteiger partial charge < -0.3 is 14.8 Å². The summed E-state index contributed by atoms with van der Waals surface area (Å²) in [6.07, 6.45) is 9.57. The molecule has 0 saturated heterocycles. The van der Waals surface area contributed by atoms with Gasteiger partial charge in [-0.1, -0.05) is 24.1 Å². The summed E-state index contributed by atoms with van der Waals surface area (Å²) in [5.41, 5.74) is 3.15. The van der Waals surface area contributed by atoms with Crippen LogP contribution < -0.4 is 10.2 Å². The lowest BCUT2D eigenvalue weighted by Crippen LogP contribution is -2.40. The highest BCUT2D eigenvalue weighted by atomic mass is 16.2. The third-order valence-electron chi connectivity index (χ3n) is 4.40. The molecular weight excluding hydrogens is 350 g/mol. The summed E-state index contributed by atoms with van der Waals surface area (Å²) in [5, 5.41) is 2.56. The number of aromatic nitrogens is 1. The molecule has 0 spiro atoms. The van der Waals surface area contributed by atoms with Gasteiger partial charge in [0.15, 0.2) is 0 Å². The summed E-state index contributed by atoms with van der Waals surface area (Å²) in [4.78, 5) is 26.4. The van der Waals surface area contributed by atoms with Gasteiger partial charge in [-0.2, -0.15) is 0 Å². The van der Waals surface area contributed by atoms with Crippen LogP contribution in [0.15, 0.2) is 73.1 Å². The Hall–Kier alpha value is -3.78. The van der Waals surface area contributed by atoms with Gasteiger partial charge >= 0.3 is 0 Å². The van der Waals surface area contributed by atoms with Crippen molar-refractivity contribution in [3.05, 3.63) is 84.2 Å². The minimum absolute atomic E-state index is 0.0647. The smallest absolute Gasteiger partial charge is 0.239 e. The molecule has 1 N–H and O–H groups in total. The number of nitrogens with zero attached hydrogens (tertiary/aromatic N) is 2. The van der Waals surface area contributed by atoms with Crippen LogP contribution in [0.4, 0.5) is 5.69 Å². The molecule has 0 radical (unpaired) electrons. The first-order chi connectivity index (χ1) is 13.6. The van der Waals surface area contributed by atoms with E-state index in [1.54, 1.807) is 31.3 Å². The van der Waals surface area contributed by atoms with E-state index in [9.17, 15) is 9.59 Å². The van der Waals surface area contributed by atoms with Gasteiger partial charge in [0.05, 0.1) is 6.42 Å². The summed E-state index contributed by atoms with van der Waals surface area (Å²) < 4.78 is 1.99. The van der Waals surface area contributed by atoms with Gasteiger partial charge in [-0.15, -0.1) is 6.42 Å². The second-order valence-electron chi connectivity index (χ2n) is 6.28. The minimum Gasteiger partial charge on any atom is -0.358 e. The van der Waals surface area contributed by atoms with E-state index in [0.717, 1.165) is 11.3 Å². The lowest BCUT2D eigenvalue weighted by Gasteiger charge is -2.22. The molecule has 28 heavy (non-hydrogen) atoms. The molecular formula is C23H21N3O2. The van der Waals surface area contributed by atoms with Crippen molar-refractivity contribution in [3.63, 3.8) is 0 Å². The van der Waals surface area contributed by atoms with E-state index in [-0.39, 0.29) is 24.8 Å². The van der Waals surface area contributed by atoms with Crippen molar-refractivity contribution in [3.8, 4) is 18.0 Å². The van der Waals surface area contributed by atoms with Crippen LogP contribution in [0.25, 0.3) is 5.69 Å². The first-order valence-corrected chi connectivity index (χ1v) is 8.90. The highest BCUT2D eigenvalue weighted by molar-refractivity contribution is 5.99. The van der Waals surface area contributed by atoms with Crippen LogP contribution in [0.3, 0.4) is 0 Å². The monoisotopic (exact) mass is 371 g/mol. The van der Waals surface area contributed by atoms with E-state index in [4.69, 9.17) is 6.42 Å². The van der Waals surface area contributed by atoms with Crippen molar-refractivity contribution in [2.24, 2.45) is 0 Å². The summed E-state index contributed by atoms with van der Waals surface area (Å²) in [6, 6.07) is 18.7. The third-order valence-corrected chi connectivity index (χ3v) is 4.40. The number of terminal acetylenes is 1. The number of rotatable bonds is 6. The fourth-order valence-corrected chi connectivity index (χ4v) is 2.87. The van der Waals surface area contributed by atoms with Crippen molar-refractivity contribution in [1.29, 1.82) is 0 Å². The number of nitrogens with one attached hydrogen (secondary N) is 1. The van der Waals surface area contributed by atoms with Gasteiger partial charge in [0, 0.05) is 36.4 Å². The van der Waals surface area contributed by atoms with Crippen LogP contribution in [0, 0.1) is 12.3 Å². The van der Waals surface area contributed by atoms with E-state index in [1.807, 2.05) is 53.4 Å². The molecule has 0 aliphatic carbocycles. The Morgan fingerprint density at radius 3 is 2.43 bits per heavy atom. The molecule has 5 heteroatoms. The Morgan fingerprint density at radius 1 is 1.07 bits per heavy atom. The minimum atomic E-state index is -0.248. The van der Waals surface area contributed by atoms with Gasteiger partial charge in [0.1, 0.15) is 6.54 Å². The van der Waals surface area contributed by atoms with Gasteiger partial charge in [-0.05, 0) is 48.0 Å². The van der Waals surface area contributed by atoms with E-state index >= 15 is 0 Å². The first-order valence-electron chi connectivity index (χ1n) is 8.90. The Bertz CT molecular complexity index is 999. The van der Waals surface area contributed by atoms with Gasteiger partial charge in [-0.3, -0.25) is 9.59 Å². The average Bonchev–Trinajstić information content (AvgIpc) is 3.27. The Kier molecular flexibility index (Phi) is 5.93. The topological polar surface area (TPSA) is 54.3 Å². The first kappa shape index (κ1) is 19.0. The normalized spacial score (nSPS) is 10.1. The van der Waals surface area contributed by atoms with Gasteiger partial charge in [0.25, 0.3) is 0 Å². The van der Waals surface area contributed by atoms with Crippen molar-refractivity contribution in [2.75, 3.05) is 18.5 Å². The molecule has 0 atom stereocenters. The molecule has 0 bridgehead atoms. The molecule has 3 rings (SSSR count). The average molecular weight is 371 g/mol. The van der Waals surface area contributed by atoms with Crippen molar-refractivity contribution >= 4 is 17.5 Å². The molecule has 140 valence electrons. The highest BCUT2D eigenvalue weighted by Gasteiger charge is 2.19. The number of hydrogen-bond donors (Lipinski definition) is 1. The summed E-state index contributed by atoms with van der Waals surface area (Å²) >= 11 is 0. The van der Waals surface area contributed by atoms with Gasteiger partial charge in [0.2, 0.25) is 11.8 Å². The number of carbonyl (C=O) groups excluding carboxylic acids is 2. The van der Waals surface area contributed by atoms with Crippen molar-refractivity contribution in [1.82, 2.24) is 9.88 Å². The lowest BCUT2D eigenvalue weighted by atomic mass is 10.1.